The molecule has 1 aliphatic heterocycles. The molecule has 1 aromatic carbocycles. The highest BCUT2D eigenvalue weighted by Crippen LogP contribution is 2.14. The van der Waals surface area contributed by atoms with Gasteiger partial charge in [-0.2, -0.15) is 0 Å². The van der Waals surface area contributed by atoms with Crippen molar-refractivity contribution in [1.29, 1.82) is 0 Å². The van der Waals surface area contributed by atoms with Crippen LogP contribution in [0.1, 0.15) is 32.8 Å². The summed E-state index contributed by atoms with van der Waals surface area (Å²) in [4.78, 5) is 36.4. The lowest BCUT2D eigenvalue weighted by atomic mass is 10.0. The number of benzene rings is 1. The molecule has 1 saturated heterocycles. The highest BCUT2D eigenvalue weighted by Gasteiger charge is 2.32. The minimum absolute atomic E-state index is 0.0420. The van der Waals surface area contributed by atoms with Gasteiger partial charge in [-0.3, -0.25) is 9.59 Å². The topological polar surface area (TPSA) is 109 Å². The lowest BCUT2D eigenvalue weighted by molar-refractivity contribution is -0.129. The molecule has 1 aromatic rings. The van der Waals surface area contributed by atoms with E-state index in [1.54, 1.807) is 0 Å². The molecule has 1 heterocycles. The van der Waals surface area contributed by atoms with Gasteiger partial charge in [0, 0.05) is 0 Å². The summed E-state index contributed by atoms with van der Waals surface area (Å²) >= 11 is 0. The van der Waals surface area contributed by atoms with Crippen LogP contribution in [-0.4, -0.2) is 49.2 Å². The van der Waals surface area contributed by atoms with Gasteiger partial charge in [-0.15, -0.1) is 0 Å². The quantitative estimate of drug-likeness (QED) is 0.522. The maximum atomic E-state index is 12.5. The Morgan fingerprint density at radius 2 is 1.82 bits per heavy atom. The van der Waals surface area contributed by atoms with Crippen LogP contribution in [0.15, 0.2) is 30.3 Å². The van der Waals surface area contributed by atoms with Gasteiger partial charge in [0.2, 0.25) is 11.8 Å². The van der Waals surface area contributed by atoms with Gasteiger partial charge >= 0.3 is 6.09 Å². The third kappa shape index (κ3) is 7.96. The van der Waals surface area contributed by atoms with Gasteiger partial charge in [0.25, 0.3) is 0 Å². The van der Waals surface area contributed by atoms with E-state index in [0.29, 0.717) is 13.0 Å². The van der Waals surface area contributed by atoms with E-state index in [9.17, 15) is 14.4 Å². The van der Waals surface area contributed by atoms with E-state index in [-0.39, 0.29) is 37.1 Å². The van der Waals surface area contributed by atoms with Gasteiger partial charge < -0.3 is 25.4 Å². The lowest BCUT2D eigenvalue weighted by Crippen LogP contribution is -2.52. The maximum Gasteiger partial charge on any atom is 0.407 e. The van der Waals surface area contributed by atoms with E-state index in [1.807, 2.05) is 51.1 Å². The van der Waals surface area contributed by atoms with Crippen molar-refractivity contribution in [3.63, 3.8) is 0 Å². The Morgan fingerprint density at radius 1 is 1.14 bits per heavy atom. The average molecular weight is 391 g/mol. The summed E-state index contributed by atoms with van der Waals surface area (Å²) in [7, 11) is 0. The fraction of sp³-hybridized carbons (Fsp3) is 0.550. The lowest BCUT2D eigenvalue weighted by Gasteiger charge is -2.22. The zero-order valence-electron chi connectivity index (χ0n) is 16.6. The van der Waals surface area contributed by atoms with Crippen LogP contribution < -0.4 is 16.0 Å². The van der Waals surface area contributed by atoms with E-state index in [0.717, 1.165) is 5.56 Å². The molecule has 1 unspecified atom stereocenters. The number of alkyl carbamates (subject to hydrolysis) is 1. The van der Waals surface area contributed by atoms with E-state index in [4.69, 9.17) is 9.47 Å². The van der Waals surface area contributed by atoms with E-state index >= 15 is 0 Å². The monoisotopic (exact) mass is 391 g/mol. The number of carbonyl (C=O) groups excluding carboxylic acids is 3. The predicted molar refractivity (Wildman–Crippen MR) is 103 cm³/mol. The number of ether oxygens (including phenoxy) is 2. The van der Waals surface area contributed by atoms with Crippen LogP contribution in [0.25, 0.3) is 0 Å². The van der Waals surface area contributed by atoms with Gasteiger partial charge in [0.1, 0.15) is 25.3 Å². The van der Waals surface area contributed by atoms with Crippen LogP contribution in [0.3, 0.4) is 0 Å². The molecule has 1 fully saturated rings. The second-order valence-corrected chi connectivity index (χ2v) is 7.33. The number of amides is 3. The van der Waals surface area contributed by atoms with Crippen LogP contribution in [-0.2, 0) is 25.7 Å². The Bertz CT molecular complexity index is 661. The Morgan fingerprint density at radius 3 is 2.43 bits per heavy atom. The highest BCUT2D eigenvalue weighted by molar-refractivity contribution is 5.89. The molecule has 0 aromatic heterocycles. The van der Waals surface area contributed by atoms with Crippen molar-refractivity contribution < 1.29 is 23.9 Å². The van der Waals surface area contributed by atoms with Crippen molar-refractivity contribution in [3.05, 3.63) is 35.9 Å². The molecule has 0 spiro atoms. The summed E-state index contributed by atoms with van der Waals surface area (Å²) < 4.78 is 10.2. The zero-order valence-corrected chi connectivity index (χ0v) is 16.6. The molecule has 3 amide bonds. The molecule has 0 bridgehead atoms. The molecule has 1 aliphatic rings. The van der Waals surface area contributed by atoms with E-state index < -0.39 is 18.0 Å². The van der Waals surface area contributed by atoms with Gasteiger partial charge in [-0.05, 0) is 24.8 Å². The highest BCUT2D eigenvalue weighted by atomic mass is 16.6. The summed E-state index contributed by atoms with van der Waals surface area (Å²) in [5, 5.41) is 7.94. The fourth-order valence-corrected chi connectivity index (χ4v) is 2.64. The zero-order chi connectivity index (χ0) is 20.5. The number of hydrogen-bond acceptors (Lipinski definition) is 5. The number of epoxide rings is 1. The smallest absolute Gasteiger partial charge is 0.407 e. The Kier molecular flexibility index (Phi) is 8.25. The Labute approximate surface area is 165 Å². The molecule has 8 nitrogen and oxygen atoms in total. The minimum Gasteiger partial charge on any atom is -0.445 e. The number of nitrogens with one attached hydrogen (secondary N) is 3. The van der Waals surface area contributed by atoms with Gasteiger partial charge in [-0.1, -0.05) is 44.2 Å². The maximum absolute atomic E-state index is 12.5. The number of carbonyl (C=O) groups is 3. The molecular formula is C20H29N3O5. The van der Waals surface area contributed by atoms with Crippen molar-refractivity contribution in [3.8, 4) is 0 Å². The first-order valence-corrected chi connectivity index (χ1v) is 9.51. The molecule has 0 aliphatic carbocycles. The molecule has 0 radical (unpaired) electrons. The third-order valence-electron chi connectivity index (χ3n) is 4.25. The number of rotatable bonds is 10. The predicted octanol–water partition coefficient (Wildman–Crippen LogP) is 1.35. The Balaban J connectivity index is 1.74. The molecule has 3 atom stereocenters. The second kappa shape index (κ2) is 10.7. The minimum atomic E-state index is -0.691. The van der Waals surface area contributed by atoms with Crippen molar-refractivity contribution >= 4 is 17.9 Å². The van der Waals surface area contributed by atoms with Crippen molar-refractivity contribution in [1.82, 2.24) is 16.0 Å². The first-order valence-electron chi connectivity index (χ1n) is 9.51. The van der Waals surface area contributed by atoms with E-state index in [1.165, 1.54) is 0 Å². The molecule has 8 heteroatoms. The van der Waals surface area contributed by atoms with Gasteiger partial charge in [0.15, 0.2) is 0 Å². The summed E-state index contributed by atoms with van der Waals surface area (Å²) in [5.41, 5.74) is 0.851. The summed E-state index contributed by atoms with van der Waals surface area (Å²) in [6.45, 7) is 6.30. The molecule has 3 N–H and O–H groups in total. The van der Waals surface area contributed by atoms with Crippen LogP contribution >= 0.6 is 0 Å². The standard InChI is InChI=1S/C20H29N3O5/c1-13(2)9-16(19(25)22-14(3)17-12-27-17)23-18(24)10-21-20(26)28-11-15-7-5-4-6-8-15/h4-8,13-14,16-17H,9-12H2,1-3H3,(H,21,26)(H,22,25)(H,23,24)/t14-,16-,17?/m0/s1. The molecule has 2 rings (SSSR count). The normalized spacial score (nSPS) is 17.4. The molecule has 28 heavy (non-hydrogen) atoms. The van der Waals surface area contributed by atoms with Crippen molar-refractivity contribution in [2.24, 2.45) is 5.92 Å². The first-order chi connectivity index (χ1) is 13.3. The third-order valence-corrected chi connectivity index (χ3v) is 4.25. The summed E-state index contributed by atoms with van der Waals surface area (Å²) in [6.07, 6.45) is -0.155. The van der Waals surface area contributed by atoms with Gasteiger partial charge in [0.05, 0.1) is 12.6 Å². The van der Waals surface area contributed by atoms with Crippen molar-refractivity contribution in [2.75, 3.05) is 13.2 Å². The summed E-state index contributed by atoms with van der Waals surface area (Å²) in [6, 6.07) is 8.46. The van der Waals surface area contributed by atoms with Crippen LogP contribution in [0.2, 0.25) is 0 Å². The second-order valence-electron chi connectivity index (χ2n) is 7.33. The first kappa shape index (κ1) is 21.7. The van der Waals surface area contributed by atoms with Crippen molar-refractivity contribution in [2.45, 2.75) is 52.0 Å². The summed E-state index contributed by atoms with van der Waals surface area (Å²) in [5.74, 6) is -0.489. The SMILES string of the molecule is CC(C)C[C@H](NC(=O)CNC(=O)OCc1ccccc1)C(=O)N[C@@H](C)C1CO1. The molecular weight excluding hydrogens is 362 g/mol. The average Bonchev–Trinajstić information content (AvgIpc) is 3.50. The Hall–Kier alpha value is -2.61. The number of hydrogen-bond donors (Lipinski definition) is 3. The fourth-order valence-electron chi connectivity index (χ4n) is 2.64. The van der Waals surface area contributed by atoms with Crippen LogP contribution in [0.4, 0.5) is 4.79 Å². The molecule has 0 saturated carbocycles. The van der Waals surface area contributed by atoms with Crippen LogP contribution in [0, 0.1) is 5.92 Å². The molecule has 154 valence electrons. The van der Waals surface area contributed by atoms with Crippen LogP contribution in [0.5, 0.6) is 0 Å². The largest absolute Gasteiger partial charge is 0.445 e. The van der Waals surface area contributed by atoms with E-state index in [2.05, 4.69) is 16.0 Å². The van der Waals surface area contributed by atoms with Gasteiger partial charge in [-0.25, -0.2) is 4.79 Å².